The van der Waals surface area contributed by atoms with E-state index in [1.165, 1.54) is 18.5 Å². The van der Waals surface area contributed by atoms with Gasteiger partial charge in [0.05, 0.1) is 16.5 Å². The second-order valence-electron chi connectivity index (χ2n) is 5.86. The lowest BCUT2D eigenvalue weighted by Crippen LogP contribution is -2.36. The quantitative estimate of drug-likeness (QED) is 0.854. The molecule has 1 aromatic heterocycles. The van der Waals surface area contributed by atoms with Gasteiger partial charge in [0.15, 0.2) is 9.84 Å². The Balaban J connectivity index is 1.81. The van der Waals surface area contributed by atoms with Crippen LogP contribution in [0.1, 0.15) is 13.3 Å². The van der Waals surface area contributed by atoms with Gasteiger partial charge >= 0.3 is 0 Å². The van der Waals surface area contributed by atoms with Gasteiger partial charge in [-0.3, -0.25) is 0 Å². The molecule has 1 saturated heterocycles. The summed E-state index contributed by atoms with van der Waals surface area (Å²) in [5, 5.41) is 3.07. The van der Waals surface area contributed by atoms with E-state index in [2.05, 4.69) is 15.3 Å². The molecule has 6 nitrogen and oxygen atoms in total. The number of aromatic nitrogens is 2. The molecule has 2 heterocycles. The van der Waals surface area contributed by atoms with Crippen LogP contribution < -0.4 is 10.2 Å². The number of hydrogen-bond acceptors (Lipinski definition) is 6. The highest BCUT2D eigenvalue weighted by Gasteiger charge is 2.32. The van der Waals surface area contributed by atoms with E-state index in [1.54, 1.807) is 12.1 Å². The highest BCUT2D eigenvalue weighted by Crippen LogP contribution is 2.26. The molecule has 1 aliphatic rings. The zero-order valence-electron chi connectivity index (χ0n) is 13.6. The fourth-order valence-electron chi connectivity index (χ4n) is 2.92. The van der Waals surface area contributed by atoms with Crippen LogP contribution in [0.25, 0.3) is 0 Å². The smallest absolute Gasteiger partial charge is 0.152 e. The molecular weight excluding hydrogens is 367 g/mol. The fourth-order valence-corrected chi connectivity index (χ4v) is 4.83. The van der Waals surface area contributed by atoms with Gasteiger partial charge in [-0.1, -0.05) is 11.6 Å². The average Bonchev–Trinajstić information content (AvgIpc) is 2.92. The van der Waals surface area contributed by atoms with Crippen LogP contribution in [0.15, 0.2) is 30.6 Å². The molecule has 0 bridgehead atoms. The van der Waals surface area contributed by atoms with Crippen LogP contribution in [-0.2, 0) is 9.84 Å². The predicted molar refractivity (Wildman–Crippen MR) is 96.8 cm³/mol. The molecule has 25 heavy (non-hydrogen) atoms. The van der Waals surface area contributed by atoms with Gasteiger partial charge in [-0.25, -0.2) is 22.8 Å². The van der Waals surface area contributed by atoms with Gasteiger partial charge in [-0.15, -0.1) is 0 Å². The largest absolute Gasteiger partial charge is 0.353 e. The summed E-state index contributed by atoms with van der Waals surface area (Å²) in [6, 6.07) is 5.96. The van der Waals surface area contributed by atoms with Crippen molar-refractivity contribution in [2.75, 3.05) is 28.3 Å². The van der Waals surface area contributed by atoms with Gasteiger partial charge in [0, 0.05) is 24.3 Å². The molecule has 0 radical (unpaired) electrons. The van der Waals surface area contributed by atoms with Crippen LogP contribution in [0.4, 0.5) is 21.7 Å². The Hall–Kier alpha value is -1.93. The molecule has 3 rings (SSSR count). The summed E-state index contributed by atoms with van der Waals surface area (Å²) in [5.74, 6) is 1.03. The van der Waals surface area contributed by atoms with Crippen LogP contribution in [0, 0.1) is 5.82 Å². The number of rotatable bonds is 5. The third kappa shape index (κ3) is 4.19. The van der Waals surface area contributed by atoms with Crippen molar-refractivity contribution in [3.63, 3.8) is 0 Å². The molecule has 1 atom stereocenters. The molecule has 134 valence electrons. The molecule has 0 aliphatic carbocycles. The lowest BCUT2D eigenvalue weighted by Gasteiger charge is -2.28. The summed E-state index contributed by atoms with van der Waals surface area (Å²) >= 11 is 5.78. The number of nitrogens with zero attached hydrogens (tertiary/aromatic N) is 3. The average molecular weight is 385 g/mol. The molecule has 1 N–H and O–H groups in total. The first-order valence-electron chi connectivity index (χ1n) is 7.89. The first-order chi connectivity index (χ1) is 11.9. The SMILES string of the molecule is CCN(c1cc(Nc2ccc(F)c(Cl)c2)ncn1)C1CCS(=O)(=O)C1. The molecule has 2 aromatic rings. The first-order valence-corrected chi connectivity index (χ1v) is 10.1. The van der Waals surface area contributed by atoms with E-state index in [9.17, 15) is 12.8 Å². The summed E-state index contributed by atoms with van der Waals surface area (Å²) in [6.45, 7) is 2.60. The normalized spacial score (nSPS) is 18.9. The Morgan fingerprint density at radius 3 is 2.80 bits per heavy atom. The number of halogens is 2. The van der Waals surface area contributed by atoms with E-state index < -0.39 is 15.7 Å². The van der Waals surface area contributed by atoms with Crippen LogP contribution >= 0.6 is 11.6 Å². The van der Waals surface area contributed by atoms with Crippen molar-refractivity contribution < 1.29 is 12.8 Å². The Kier molecular flexibility index (Phi) is 5.10. The molecule has 1 fully saturated rings. The van der Waals surface area contributed by atoms with E-state index in [-0.39, 0.29) is 22.6 Å². The van der Waals surface area contributed by atoms with Crippen LogP contribution in [0.2, 0.25) is 5.02 Å². The number of benzene rings is 1. The van der Waals surface area contributed by atoms with E-state index in [0.717, 1.165) is 0 Å². The van der Waals surface area contributed by atoms with Crippen molar-refractivity contribution in [3.8, 4) is 0 Å². The second kappa shape index (κ2) is 7.13. The van der Waals surface area contributed by atoms with Crippen LogP contribution in [0.5, 0.6) is 0 Å². The van der Waals surface area contributed by atoms with Crippen molar-refractivity contribution >= 4 is 38.8 Å². The van der Waals surface area contributed by atoms with Gasteiger partial charge in [0.1, 0.15) is 23.8 Å². The number of hydrogen-bond donors (Lipinski definition) is 1. The minimum absolute atomic E-state index is 0.0191. The van der Waals surface area contributed by atoms with E-state index in [4.69, 9.17) is 11.6 Å². The predicted octanol–water partition coefficient (Wildman–Crippen LogP) is 3.03. The number of nitrogens with one attached hydrogen (secondary N) is 1. The summed E-state index contributed by atoms with van der Waals surface area (Å²) in [5.41, 5.74) is 0.600. The molecule has 0 spiro atoms. The lowest BCUT2D eigenvalue weighted by atomic mass is 10.2. The minimum Gasteiger partial charge on any atom is -0.353 e. The maximum atomic E-state index is 13.2. The van der Waals surface area contributed by atoms with Gasteiger partial charge < -0.3 is 10.2 Å². The monoisotopic (exact) mass is 384 g/mol. The summed E-state index contributed by atoms with van der Waals surface area (Å²) in [7, 11) is -2.98. The third-order valence-electron chi connectivity index (χ3n) is 4.13. The second-order valence-corrected chi connectivity index (χ2v) is 8.49. The van der Waals surface area contributed by atoms with Crippen LogP contribution in [-0.4, -0.2) is 42.5 Å². The molecule has 0 amide bonds. The van der Waals surface area contributed by atoms with Crippen molar-refractivity contribution in [2.24, 2.45) is 0 Å². The summed E-state index contributed by atoms with van der Waals surface area (Å²) < 4.78 is 36.7. The number of anilines is 3. The van der Waals surface area contributed by atoms with E-state index in [0.29, 0.717) is 30.3 Å². The zero-order valence-corrected chi connectivity index (χ0v) is 15.2. The third-order valence-corrected chi connectivity index (χ3v) is 6.17. The minimum atomic E-state index is -2.98. The Labute approximate surface area is 151 Å². The first kappa shape index (κ1) is 17.9. The van der Waals surface area contributed by atoms with Gasteiger partial charge in [-0.2, -0.15) is 0 Å². The van der Waals surface area contributed by atoms with Crippen molar-refractivity contribution in [3.05, 3.63) is 41.4 Å². The summed E-state index contributed by atoms with van der Waals surface area (Å²) in [4.78, 5) is 10.4. The van der Waals surface area contributed by atoms with Crippen LogP contribution in [0.3, 0.4) is 0 Å². The van der Waals surface area contributed by atoms with Crippen molar-refractivity contribution in [1.29, 1.82) is 0 Å². The highest BCUT2D eigenvalue weighted by atomic mass is 35.5. The zero-order chi connectivity index (χ0) is 18.0. The van der Waals surface area contributed by atoms with Gasteiger partial charge in [0.2, 0.25) is 0 Å². The maximum Gasteiger partial charge on any atom is 0.152 e. The van der Waals surface area contributed by atoms with Gasteiger partial charge in [0.25, 0.3) is 0 Å². The standard InChI is InChI=1S/C16H18ClFN4O2S/c1-2-22(12-5-6-25(23,24)9-12)16-8-15(19-10-20-16)21-11-3-4-14(18)13(17)7-11/h3-4,7-8,10,12H,2,5-6,9H2,1H3,(H,19,20,21). The molecule has 1 aliphatic heterocycles. The van der Waals surface area contributed by atoms with Crippen molar-refractivity contribution in [1.82, 2.24) is 9.97 Å². The molecule has 1 aromatic carbocycles. The Bertz CT molecular complexity index is 878. The van der Waals surface area contributed by atoms with Gasteiger partial charge in [-0.05, 0) is 31.5 Å². The lowest BCUT2D eigenvalue weighted by molar-refractivity contribution is 0.599. The van der Waals surface area contributed by atoms with Crippen molar-refractivity contribution in [2.45, 2.75) is 19.4 Å². The van der Waals surface area contributed by atoms with E-state index >= 15 is 0 Å². The molecular formula is C16H18ClFN4O2S. The fraction of sp³-hybridized carbons (Fsp3) is 0.375. The summed E-state index contributed by atoms with van der Waals surface area (Å²) in [6.07, 6.45) is 2.01. The molecule has 9 heteroatoms. The molecule has 0 saturated carbocycles. The Morgan fingerprint density at radius 2 is 2.16 bits per heavy atom. The number of sulfone groups is 1. The maximum absolute atomic E-state index is 13.2. The Morgan fingerprint density at radius 1 is 1.36 bits per heavy atom. The highest BCUT2D eigenvalue weighted by molar-refractivity contribution is 7.91. The van der Waals surface area contributed by atoms with E-state index in [1.807, 2.05) is 11.8 Å². The topological polar surface area (TPSA) is 75.2 Å². The molecule has 1 unspecified atom stereocenters.